The fourth-order valence-corrected chi connectivity index (χ4v) is 1.41. The minimum Gasteiger partial charge on any atom is -0.470 e. The molecular formula is C11H11N3O4. The molecule has 0 aliphatic carbocycles. The highest BCUT2D eigenvalue weighted by Crippen LogP contribution is 2.19. The van der Waals surface area contributed by atoms with Crippen LogP contribution in [0, 0.1) is 0 Å². The molecule has 2 rings (SSSR count). The van der Waals surface area contributed by atoms with Gasteiger partial charge in [-0.15, -0.1) is 0 Å². The smallest absolute Gasteiger partial charge is 0.347 e. The first-order chi connectivity index (χ1) is 8.72. The number of carbonyl (C=O) groups is 2. The van der Waals surface area contributed by atoms with Crippen molar-refractivity contribution in [2.75, 3.05) is 18.5 Å². The van der Waals surface area contributed by atoms with Crippen LogP contribution in [0.4, 0.5) is 5.69 Å². The summed E-state index contributed by atoms with van der Waals surface area (Å²) >= 11 is 0. The maximum absolute atomic E-state index is 11.6. The van der Waals surface area contributed by atoms with Crippen molar-refractivity contribution in [3.63, 3.8) is 0 Å². The predicted octanol–water partition coefficient (Wildman–Crippen LogP) is 0.262. The van der Waals surface area contributed by atoms with Crippen molar-refractivity contribution in [1.29, 1.82) is 0 Å². The topological polar surface area (TPSA) is 90.4 Å². The predicted molar refractivity (Wildman–Crippen MR) is 60.3 cm³/mol. The third-order valence-corrected chi connectivity index (χ3v) is 2.15. The molecule has 1 aliphatic rings. The molecule has 1 aromatic heterocycles. The normalized spacial score (nSPS) is 14.4. The van der Waals surface area contributed by atoms with Crippen molar-refractivity contribution in [1.82, 2.24) is 9.97 Å². The second kappa shape index (κ2) is 5.26. The molecule has 0 aromatic carbocycles. The van der Waals surface area contributed by atoms with Crippen LogP contribution >= 0.6 is 0 Å². The molecule has 7 heteroatoms. The van der Waals surface area contributed by atoms with Gasteiger partial charge in [0.1, 0.15) is 6.33 Å². The fourth-order valence-electron chi connectivity index (χ4n) is 1.41. The number of ether oxygens (including phenoxy) is 2. The van der Waals surface area contributed by atoms with Gasteiger partial charge in [-0.05, 0) is 6.92 Å². The summed E-state index contributed by atoms with van der Waals surface area (Å²) in [6.07, 6.45) is 4.36. The second-order valence-corrected chi connectivity index (χ2v) is 3.39. The number of hydrogen-bond donors (Lipinski definition) is 1. The van der Waals surface area contributed by atoms with Crippen LogP contribution in [-0.2, 0) is 19.1 Å². The third-order valence-electron chi connectivity index (χ3n) is 2.15. The molecule has 0 atom stereocenters. The lowest BCUT2D eigenvalue weighted by molar-refractivity contribution is -0.139. The maximum Gasteiger partial charge on any atom is 0.347 e. The molecule has 1 aliphatic heterocycles. The van der Waals surface area contributed by atoms with E-state index >= 15 is 0 Å². The van der Waals surface area contributed by atoms with Gasteiger partial charge in [-0.2, -0.15) is 0 Å². The van der Waals surface area contributed by atoms with Crippen LogP contribution in [0.2, 0.25) is 0 Å². The van der Waals surface area contributed by atoms with Crippen molar-refractivity contribution in [3.8, 4) is 0 Å². The Morgan fingerprint density at radius 3 is 2.89 bits per heavy atom. The van der Waals surface area contributed by atoms with Gasteiger partial charge in [0.05, 0.1) is 24.7 Å². The van der Waals surface area contributed by atoms with Crippen LogP contribution in [0.5, 0.6) is 0 Å². The minimum atomic E-state index is -0.695. The van der Waals surface area contributed by atoms with E-state index in [-0.39, 0.29) is 24.7 Å². The monoisotopic (exact) mass is 249 g/mol. The first-order valence-corrected chi connectivity index (χ1v) is 5.31. The Hall–Kier alpha value is -2.44. The van der Waals surface area contributed by atoms with Crippen LogP contribution in [0.15, 0.2) is 30.2 Å². The lowest BCUT2D eigenvalue weighted by Gasteiger charge is -2.07. The highest BCUT2D eigenvalue weighted by atomic mass is 16.5. The van der Waals surface area contributed by atoms with Gasteiger partial charge >= 0.3 is 5.97 Å². The third kappa shape index (κ3) is 2.45. The van der Waals surface area contributed by atoms with Gasteiger partial charge in [-0.1, -0.05) is 0 Å². The van der Waals surface area contributed by atoms with Gasteiger partial charge in [-0.3, -0.25) is 4.79 Å². The number of rotatable bonds is 4. The molecule has 0 radical (unpaired) electrons. The summed E-state index contributed by atoms with van der Waals surface area (Å²) in [6.45, 7) is 1.68. The molecule has 1 aromatic rings. The number of Topliss-reactive ketones (excluding diaryl/α,β-unsaturated/α-hetero) is 1. The molecule has 7 nitrogen and oxygen atoms in total. The Balaban J connectivity index is 2.23. The van der Waals surface area contributed by atoms with E-state index in [1.54, 1.807) is 6.92 Å². The van der Waals surface area contributed by atoms with E-state index in [2.05, 4.69) is 15.3 Å². The van der Waals surface area contributed by atoms with Crippen LogP contribution in [0.3, 0.4) is 0 Å². The zero-order valence-corrected chi connectivity index (χ0v) is 9.67. The Morgan fingerprint density at radius 1 is 1.50 bits per heavy atom. The van der Waals surface area contributed by atoms with Gasteiger partial charge in [0.2, 0.25) is 11.7 Å². The minimum absolute atomic E-state index is 0.0771. The van der Waals surface area contributed by atoms with Crippen LogP contribution in [0.25, 0.3) is 0 Å². The van der Waals surface area contributed by atoms with Gasteiger partial charge in [-0.25, -0.2) is 14.8 Å². The van der Waals surface area contributed by atoms with Gasteiger partial charge in [0.15, 0.2) is 12.2 Å². The van der Waals surface area contributed by atoms with E-state index in [1.807, 2.05) is 0 Å². The number of nitrogens with one attached hydrogen (secondary N) is 1. The number of carbonyl (C=O) groups excluding carboxylic acids is 2. The lowest BCUT2D eigenvalue weighted by atomic mass is 10.2. The lowest BCUT2D eigenvalue weighted by Crippen LogP contribution is -2.16. The number of hydrogen-bond acceptors (Lipinski definition) is 7. The summed E-state index contributed by atoms with van der Waals surface area (Å²) < 4.78 is 9.91. The molecule has 1 N–H and O–H groups in total. The van der Waals surface area contributed by atoms with E-state index in [1.165, 1.54) is 18.7 Å². The van der Waals surface area contributed by atoms with E-state index in [0.717, 1.165) is 0 Å². The Morgan fingerprint density at radius 2 is 2.22 bits per heavy atom. The zero-order chi connectivity index (χ0) is 13.0. The van der Waals surface area contributed by atoms with Crippen molar-refractivity contribution in [3.05, 3.63) is 30.2 Å². The second-order valence-electron chi connectivity index (χ2n) is 3.39. The largest absolute Gasteiger partial charge is 0.470 e. The standard InChI is InChI=1S/C11H11N3O4/c1-2-17-11(16)9-8(15)5-18-10(9)14-7-3-12-6-13-4-7/h3-4,6,14H,2,5H2,1H3. The van der Waals surface area contributed by atoms with E-state index in [4.69, 9.17) is 9.47 Å². The maximum atomic E-state index is 11.6. The number of aromatic nitrogens is 2. The summed E-state index contributed by atoms with van der Waals surface area (Å²) in [4.78, 5) is 30.7. The van der Waals surface area contributed by atoms with Gasteiger partial charge in [0.25, 0.3) is 0 Å². The molecule has 2 heterocycles. The molecule has 0 saturated carbocycles. The first-order valence-electron chi connectivity index (χ1n) is 5.31. The highest BCUT2D eigenvalue weighted by Gasteiger charge is 2.32. The van der Waals surface area contributed by atoms with Crippen LogP contribution < -0.4 is 5.32 Å². The highest BCUT2D eigenvalue weighted by molar-refractivity contribution is 6.19. The molecule has 0 amide bonds. The van der Waals surface area contributed by atoms with Crippen LogP contribution in [0.1, 0.15) is 6.92 Å². The van der Waals surface area contributed by atoms with Crippen molar-refractivity contribution in [2.24, 2.45) is 0 Å². The summed E-state index contributed by atoms with van der Waals surface area (Å²) in [5.74, 6) is -1.03. The Bertz CT molecular complexity index is 498. The molecule has 0 unspecified atom stereocenters. The number of ketones is 1. The van der Waals surface area contributed by atoms with Crippen molar-refractivity contribution >= 4 is 17.4 Å². The molecule has 0 bridgehead atoms. The molecule has 0 fully saturated rings. The Labute approximate surface area is 103 Å². The van der Waals surface area contributed by atoms with Crippen LogP contribution in [-0.4, -0.2) is 34.9 Å². The quantitative estimate of drug-likeness (QED) is 0.604. The first kappa shape index (κ1) is 12.0. The molecule has 18 heavy (non-hydrogen) atoms. The average molecular weight is 249 g/mol. The van der Waals surface area contributed by atoms with E-state index in [9.17, 15) is 9.59 Å². The number of anilines is 1. The zero-order valence-electron chi connectivity index (χ0n) is 9.67. The van der Waals surface area contributed by atoms with Crippen molar-refractivity contribution in [2.45, 2.75) is 6.92 Å². The molecule has 0 spiro atoms. The summed E-state index contributed by atoms with van der Waals surface area (Å²) in [7, 11) is 0. The van der Waals surface area contributed by atoms with E-state index in [0.29, 0.717) is 5.69 Å². The fraction of sp³-hybridized carbons (Fsp3) is 0.273. The van der Waals surface area contributed by atoms with Crippen molar-refractivity contribution < 1.29 is 19.1 Å². The average Bonchev–Trinajstić information content (AvgIpc) is 2.72. The summed E-state index contributed by atoms with van der Waals surface area (Å²) in [5, 5.41) is 2.77. The molecular weight excluding hydrogens is 238 g/mol. The number of nitrogens with zero attached hydrogens (tertiary/aromatic N) is 2. The Kier molecular flexibility index (Phi) is 3.52. The van der Waals surface area contributed by atoms with E-state index < -0.39 is 11.8 Å². The molecule has 0 saturated heterocycles. The summed E-state index contributed by atoms with van der Waals surface area (Å²) in [6, 6.07) is 0. The number of esters is 1. The molecule has 94 valence electrons. The van der Waals surface area contributed by atoms with Gasteiger partial charge in [0, 0.05) is 0 Å². The SMILES string of the molecule is CCOC(=O)C1=C(Nc2cncnc2)OCC1=O. The van der Waals surface area contributed by atoms with Gasteiger partial charge < -0.3 is 14.8 Å². The summed E-state index contributed by atoms with van der Waals surface area (Å²) in [5.41, 5.74) is 0.407.